The molecular weight excluding hydrogens is 274 g/mol. The van der Waals surface area contributed by atoms with Crippen molar-refractivity contribution >= 4 is 23.2 Å². The molecule has 0 aromatic heterocycles. The number of hydrogen-bond donors (Lipinski definition) is 1. The Bertz CT molecular complexity index is 599. The van der Waals surface area contributed by atoms with Crippen molar-refractivity contribution in [3.05, 3.63) is 64.7 Å². The van der Waals surface area contributed by atoms with E-state index in [-0.39, 0.29) is 5.91 Å². The summed E-state index contributed by atoms with van der Waals surface area (Å²) in [6, 6.07) is 14.8. The fraction of sp³-hybridized carbons (Fsp3) is 0.188. The van der Waals surface area contributed by atoms with Crippen LogP contribution in [-0.4, -0.2) is 13.0 Å². The summed E-state index contributed by atoms with van der Waals surface area (Å²) in [5.41, 5.74) is 2.35. The van der Waals surface area contributed by atoms with E-state index in [1.807, 2.05) is 43.3 Å². The number of ether oxygens (including phenoxy) is 1. The molecule has 2 rings (SSSR count). The Kier molecular flexibility index (Phi) is 4.77. The van der Waals surface area contributed by atoms with Crippen molar-refractivity contribution in [3.8, 4) is 0 Å². The molecule has 1 amide bonds. The Balaban J connectivity index is 2.20. The van der Waals surface area contributed by atoms with E-state index in [0.29, 0.717) is 10.7 Å². The molecule has 0 bridgehead atoms. The van der Waals surface area contributed by atoms with Crippen LogP contribution >= 0.6 is 11.6 Å². The standard InChI is InChI=1S/C16H16ClNO2/c1-11-13(17)9-6-10-14(11)18-16(19)15(20-2)12-7-4-3-5-8-12/h3-10,15H,1-2H3,(H,18,19). The number of carbonyl (C=O) groups is 1. The number of benzene rings is 2. The predicted octanol–water partition coefficient (Wildman–Crippen LogP) is 3.97. The summed E-state index contributed by atoms with van der Waals surface area (Å²) < 4.78 is 5.30. The molecule has 0 spiro atoms. The molecule has 104 valence electrons. The maximum atomic E-state index is 12.3. The topological polar surface area (TPSA) is 38.3 Å². The first-order valence-electron chi connectivity index (χ1n) is 6.27. The number of methoxy groups -OCH3 is 1. The lowest BCUT2D eigenvalue weighted by Gasteiger charge is -2.17. The normalized spacial score (nSPS) is 11.9. The van der Waals surface area contributed by atoms with Gasteiger partial charge in [0, 0.05) is 17.8 Å². The van der Waals surface area contributed by atoms with Crippen molar-refractivity contribution in [3.63, 3.8) is 0 Å². The summed E-state index contributed by atoms with van der Waals surface area (Å²) in [6.45, 7) is 1.86. The summed E-state index contributed by atoms with van der Waals surface area (Å²) >= 11 is 6.05. The van der Waals surface area contributed by atoms with Crippen LogP contribution < -0.4 is 5.32 Å². The van der Waals surface area contributed by atoms with Crippen LogP contribution in [-0.2, 0) is 9.53 Å². The Labute approximate surface area is 123 Å². The van der Waals surface area contributed by atoms with Gasteiger partial charge in [-0.25, -0.2) is 0 Å². The van der Waals surface area contributed by atoms with Gasteiger partial charge in [-0.3, -0.25) is 4.79 Å². The molecule has 0 aliphatic rings. The van der Waals surface area contributed by atoms with E-state index < -0.39 is 6.10 Å². The molecule has 1 atom stereocenters. The summed E-state index contributed by atoms with van der Waals surface area (Å²) in [4.78, 5) is 12.3. The molecule has 2 aromatic rings. The van der Waals surface area contributed by atoms with Gasteiger partial charge in [0.25, 0.3) is 5.91 Å². The third-order valence-corrected chi connectivity index (χ3v) is 3.51. The van der Waals surface area contributed by atoms with Crippen LogP contribution in [0, 0.1) is 6.92 Å². The summed E-state index contributed by atoms with van der Waals surface area (Å²) in [5, 5.41) is 3.47. The fourth-order valence-electron chi connectivity index (χ4n) is 1.96. The van der Waals surface area contributed by atoms with Gasteiger partial charge in [-0.1, -0.05) is 48.0 Å². The van der Waals surface area contributed by atoms with Gasteiger partial charge in [-0.2, -0.15) is 0 Å². The first-order valence-corrected chi connectivity index (χ1v) is 6.65. The molecule has 4 heteroatoms. The molecule has 1 unspecified atom stereocenters. The lowest BCUT2D eigenvalue weighted by atomic mass is 10.1. The summed E-state index contributed by atoms with van der Waals surface area (Å²) in [6.07, 6.45) is -0.644. The number of amides is 1. The van der Waals surface area contributed by atoms with Crippen LogP contribution in [0.15, 0.2) is 48.5 Å². The molecule has 0 saturated carbocycles. The number of halogens is 1. The fourth-order valence-corrected chi connectivity index (χ4v) is 2.14. The van der Waals surface area contributed by atoms with E-state index in [1.54, 1.807) is 12.1 Å². The zero-order valence-corrected chi connectivity index (χ0v) is 12.1. The SMILES string of the molecule is COC(C(=O)Nc1cccc(Cl)c1C)c1ccccc1. The van der Waals surface area contributed by atoms with Crippen molar-refractivity contribution in [2.24, 2.45) is 0 Å². The molecular formula is C16H16ClNO2. The van der Waals surface area contributed by atoms with Gasteiger partial charge in [0.05, 0.1) is 0 Å². The third-order valence-electron chi connectivity index (χ3n) is 3.10. The maximum absolute atomic E-state index is 12.3. The molecule has 0 heterocycles. The van der Waals surface area contributed by atoms with Crippen LogP contribution in [0.1, 0.15) is 17.2 Å². The molecule has 3 nitrogen and oxygen atoms in total. The van der Waals surface area contributed by atoms with Gasteiger partial charge in [0.15, 0.2) is 6.10 Å². The second-order valence-electron chi connectivity index (χ2n) is 4.43. The monoisotopic (exact) mass is 289 g/mol. The van der Waals surface area contributed by atoms with E-state index in [9.17, 15) is 4.79 Å². The number of carbonyl (C=O) groups excluding carboxylic acids is 1. The zero-order valence-electron chi connectivity index (χ0n) is 11.4. The number of hydrogen-bond acceptors (Lipinski definition) is 2. The molecule has 0 fully saturated rings. The highest BCUT2D eigenvalue weighted by molar-refractivity contribution is 6.31. The second-order valence-corrected chi connectivity index (χ2v) is 4.84. The number of anilines is 1. The Morgan fingerprint density at radius 3 is 2.50 bits per heavy atom. The van der Waals surface area contributed by atoms with Crippen LogP contribution in [0.5, 0.6) is 0 Å². The maximum Gasteiger partial charge on any atom is 0.258 e. The van der Waals surface area contributed by atoms with Crippen molar-refractivity contribution in [1.29, 1.82) is 0 Å². The van der Waals surface area contributed by atoms with Crippen molar-refractivity contribution < 1.29 is 9.53 Å². The molecule has 0 aliphatic carbocycles. The first kappa shape index (κ1) is 14.6. The van der Waals surface area contributed by atoms with Gasteiger partial charge < -0.3 is 10.1 Å². The zero-order chi connectivity index (χ0) is 14.5. The van der Waals surface area contributed by atoms with Gasteiger partial charge in [-0.05, 0) is 30.2 Å². The van der Waals surface area contributed by atoms with Crippen molar-refractivity contribution in [1.82, 2.24) is 0 Å². The van der Waals surface area contributed by atoms with E-state index in [2.05, 4.69) is 5.32 Å². The van der Waals surface area contributed by atoms with E-state index in [0.717, 1.165) is 11.1 Å². The Hall–Kier alpha value is -1.84. The van der Waals surface area contributed by atoms with Crippen LogP contribution in [0.25, 0.3) is 0 Å². The average Bonchev–Trinajstić information content (AvgIpc) is 2.46. The highest BCUT2D eigenvalue weighted by atomic mass is 35.5. The molecule has 2 aromatic carbocycles. The lowest BCUT2D eigenvalue weighted by molar-refractivity contribution is -0.126. The number of rotatable bonds is 4. The van der Waals surface area contributed by atoms with Gasteiger partial charge in [-0.15, -0.1) is 0 Å². The van der Waals surface area contributed by atoms with Crippen LogP contribution in [0.4, 0.5) is 5.69 Å². The minimum absolute atomic E-state index is 0.218. The molecule has 0 radical (unpaired) electrons. The molecule has 0 saturated heterocycles. The largest absolute Gasteiger partial charge is 0.367 e. The summed E-state index contributed by atoms with van der Waals surface area (Å²) in [5.74, 6) is -0.218. The average molecular weight is 290 g/mol. The van der Waals surface area contributed by atoms with Crippen molar-refractivity contribution in [2.75, 3.05) is 12.4 Å². The molecule has 1 N–H and O–H groups in total. The Morgan fingerprint density at radius 2 is 1.85 bits per heavy atom. The molecule has 0 aliphatic heterocycles. The van der Waals surface area contributed by atoms with Crippen LogP contribution in [0.3, 0.4) is 0 Å². The second kappa shape index (κ2) is 6.55. The highest BCUT2D eigenvalue weighted by Crippen LogP contribution is 2.25. The minimum Gasteiger partial charge on any atom is -0.367 e. The minimum atomic E-state index is -0.644. The smallest absolute Gasteiger partial charge is 0.258 e. The summed E-state index contributed by atoms with van der Waals surface area (Å²) in [7, 11) is 1.52. The van der Waals surface area contributed by atoms with Gasteiger partial charge in [0.1, 0.15) is 0 Å². The Morgan fingerprint density at radius 1 is 1.15 bits per heavy atom. The highest BCUT2D eigenvalue weighted by Gasteiger charge is 2.20. The predicted molar refractivity (Wildman–Crippen MR) is 81.0 cm³/mol. The third kappa shape index (κ3) is 3.18. The van der Waals surface area contributed by atoms with E-state index in [4.69, 9.17) is 16.3 Å². The lowest BCUT2D eigenvalue weighted by Crippen LogP contribution is -2.23. The molecule has 20 heavy (non-hydrogen) atoms. The van der Waals surface area contributed by atoms with E-state index >= 15 is 0 Å². The van der Waals surface area contributed by atoms with Crippen LogP contribution in [0.2, 0.25) is 5.02 Å². The van der Waals surface area contributed by atoms with E-state index in [1.165, 1.54) is 7.11 Å². The van der Waals surface area contributed by atoms with Crippen molar-refractivity contribution in [2.45, 2.75) is 13.0 Å². The quantitative estimate of drug-likeness (QED) is 0.925. The number of nitrogens with one attached hydrogen (secondary N) is 1. The van der Waals surface area contributed by atoms with Gasteiger partial charge in [0.2, 0.25) is 0 Å². The van der Waals surface area contributed by atoms with Gasteiger partial charge >= 0.3 is 0 Å². The first-order chi connectivity index (χ1) is 9.63.